The fraction of sp³-hybridized carbons (Fsp3) is 0.455. The molecule has 0 unspecified atom stereocenters. The largest absolute Gasteiger partial charge is 0.459 e. The number of cyclic esters (lactones) is 1. The van der Waals surface area contributed by atoms with Crippen LogP contribution in [0.2, 0.25) is 0 Å². The summed E-state index contributed by atoms with van der Waals surface area (Å²) in [6.45, 7) is 4.56. The van der Waals surface area contributed by atoms with E-state index in [-0.39, 0.29) is 5.97 Å². The van der Waals surface area contributed by atoms with Gasteiger partial charge in [0.2, 0.25) is 0 Å². The second-order valence-electron chi connectivity index (χ2n) is 3.87. The Kier molecular flexibility index (Phi) is 2.23. The fourth-order valence-corrected chi connectivity index (χ4v) is 1.51. The molecule has 14 heavy (non-hydrogen) atoms. The second-order valence-corrected chi connectivity index (χ2v) is 3.87. The number of carbonyl (C=O) groups excluding carboxylic acids is 1. The van der Waals surface area contributed by atoms with Crippen molar-refractivity contribution in [2.24, 2.45) is 0 Å². The van der Waals surface area contributed by atoms with Crippen LogP contribution in [0.5, 0.6) is 0 Å². The van der Waals surface area contributed by atoms with E-state index in [0.29, 0.717) is 18.9 Å². The number of carbonyl (C=O) groups is 1. The molecule has 0 atom stereocenters. The number of ether oxygens (including phenoxy) is 1. The molecule has 0 aliphatic carbocycles. The quantitative estimate of drug-likeness (QED) is 0.635. The Morgan fingerprint density at radius 3 is 3.00 bits per heavy atom. The molecular formula is C11H13NO2. The molecular weight excluding hydrogens is 178 g/mol. The maximum Gasteiger partial charge on any atom is 0.310 e. The van der Waals surface area contributed by atoms with E-state index >= 15 is 0 Å². The number of pyridine rings is 1. The Bertz CT molecular complexity index is 372. The predicted molar refractivity (Wildman–Crippen MR) is 51.8 cm³/mol. The van der Waals surface area contributed by atoms with E-state index in [0.717, 1.165) is 11.3 Å². The first-order chi connectivity index (χ1) is 6.66. The summed E-state index contributed by atoms with van der Waals surface area (Å²) in [6.07, 6.45) is 2.23. The van der Waals surface area contributed by atoms with E-state index in [2.05, 4.69) is 24.9 Å². The van der Waals surface area contributed by atoms with Gasteiger partial charge >= 0.3 is 5.97 Å². The molecule has 1 aromatic rings. The molecule has 1 aliphatic rings. The molecule has 0 amide bonds. The van der Waals surface area contributed by atoms with Gasteiger partial charge in [-0.25, -0.2) is 0 Å². The highest BCUT2D eigenvalue weighted by molar-refractivity contribution is 5.74. The average molecular weight is 191 g/mol. The van der Waals surface area contributed by atoms with E-state index in [9.17, 15) is 4.79 Å². The van der Waals surface area contributed by atoms with Crippen LogP contribution >= 0.6 is 0 Å². The third kappa shape index (κ3) is 1.62. The summed E-state index contributed by atoms with van der Waals surface area (Å²) >= 11 is 0. The number of hydrogen-bond donors (Lipinski definition) is 0. The van der Waals surface area contributed by atoms with Crippen molar-refractivity contribution in [2.75, 3.05) is 0 Å². The highest BCUT2D eigenvalue weighted by Crippen LogP contribution is 2.20. The van der Waals surface area contributed by atoms with Gasteiger partial charge in [-0.05, 0) is 17.0 Å². The Morgan fingerprint density at radius 2 is 2.29 bits per heavy atom. The van der Waals surface area contributed by atoms with E-state index in [1.54, 1.807) is 0 Å². The number of hydrogen-bond acceptors (Lipinski definition) is 3. The zero-order chi connectivity index (χ0) is 10.1. The minimum Gasteiger partial charge on any atom is -0.459 e. The molecule has 1 aliphatic heterocycles. The third-order valence-electron chi connectivity index (χ3n) is 2.45. The minimum absolute atomic E-state index is 0.153. The Labute approximate surface area is 83.1 Å². The van der Waals surface area contributed by atoms with Crippen LogP contribution in [0.1, 0.15) is 36.6 Å². The summed E-state index contributed by atoms with van der Waals surface area (Å²) in [5.41, 5.74) is 3.10. The van der Waals surface area contributed by atoms with E-state index in [1.807, 2.05) is 6.20 Å². The standard InChI is InChI=1S/C11H13NO2/c1-7(2)9-3-8-4-11(13)14-6-10(8)12-5-9/h3,5,7H,4,6H2,1-2H3. The molecule has 0 aromatic carbocycles. The Morgan fingerprint density at radius 1 is 1.50 bits per heavy atom. The summed E-state index contributed by atoms with van der Waals surface area (Å²) < 4.78 is 4.90. The zero-order valence-corrected chi connectivity index (χ0v) is 8.41. The summed E-state index contributed by atoms with van der Waals surface area (Å²) in [5.74, 6) is 0.297. The summed E-state index contributed by atoms with van der Waals surface area (Å²) in [7, 11) is 0. The van der Waals surface area contributed by atoms with Gasteiger partial charge in [-0.2, -0.15) is 0 Å². The summed E-state index contributed by atoms with van der Waals surface area (Å²) in [4.78, 5) is 15.4. The van der Waals surface area contributed by atoms with Crippen molar-refractivity contribution in [1.29, 1.82) is 0 Å². The number of esters is 1. The Hall–Kier alpha value is -1.38. The van der Waals surface area contributed by atoms with E-state index in [1.165, 1.54) is 5.56 Å². The second kappa shape index (κ2) is 3.40. The lowest BCUT2D eigenvalue weighted by molar-refractivity contribution is -0.145. The van der Waals surface area contributed by atoms with Gasteiger partial charge in [-0.1, -0.05) is 19.9 Å². The molecule has 0 saturated heterocycles. The maximum absolute atomic E-state index is 11.1. The van der Waals surface area contributed by atoms with E-state index < -0.39 is 0 Å². The molecule has 0 bridgehead atoms. The fourth-order valence-electron chi connectivity index (χ4n) is 1.51. The number of rotatable bonds is 1. The third-order valence-corrected chi connectivity index (χ3v) is 2.45. The van der Waals surface area contributed by atoms with Crippen LogP contribution in [0.4, 0.5) is 0 Å². The van der Waals surface area contributed by atoms with Crippen LogP contribution in [-0.2, 0) is 22.6 Å². The highest BCUT2D eigenvalue weighted by Gasteiger charge is 2.18. The van der Waals surface area contributed by atoms with Crippen LogP contribution in [0.3, 0.4) is 0 Å². The molecule has 0 radical (unpaired) electrons. The molecule has 1 aromatic heterocycles. The molecule has 0 N–H and O–H groups in total. The van der Waals surface area contributed by atoms with Crippen molar-refractivity contribution in [3.8, 4) is 0 Å². The normalized spacial score (nSPS) is 15.2. The molecule has 2 heterocycles. The smallest absolute Gasteiger partial charge is 0.310 e. The molecule has 3 nitrogen and oxygen atoms in total. The first-order valence-corrected chi connectivity index (χ1v) is 4.80. The van der Waals surface area contributed by atoms with Crippen LogP contribution in [0, 0.1) is 0 Å². The van der Waals surface area contributed by atoms with Gasteiger partial charge in [0.25, 0.3) is 0 Å². The molecule has 0 saturated carbocycles. The Balaban J connectivity index is 2.37. The van der Waals surface area contributed by atoms with Gasteiger partial charge < -0.3 is 4.74 Å². The SMILES string of the molecule is CC(C)c1cnc2c(c1)CC(=O)OC2. The van der Waals surface area contributed by atoms with Crippen molar-refractivity contribution in [1.82, 2.24) is 4.98 Å². The van der Waals surface area contributed by atoms with Crippen molar-refractivity contribution >= 4 is 5.97 Å². The number of aromatic nitrogens is 1. The maximum atomic E-state index is 11.1. The van der Waals surface area contributed by atoms with Gasteiger partial charge in [0, 0.05) is 6.20 Å². The number of fused-ring (bicyclic) bond motifs is 1. The predicted octanol–water partition coefficient (Wildman–Crippen LogP) is 1.80. The van der Waals surface area contributed by atoms with Crippen LogP contribution in [0.25, 0.3) is 0 Å². The number of nitrogens with zero attached hydrogens (tertiary/aromatic N) is 1. The van der Waals surface area contributed by atoms with Crippen molar-refractivity contribution in [3.63, 3.8) is 0 Å². The van der Waals surface area contributed by atoms with Crippen molar-refractivity contribution in [2.45, 2.75) is 32.8 Å². The topological polar surface area (TPSA) is 39.2 Å². The van der Waals surface area contributed by atoms with Crippen LogP contribution in [-0.4, -0.2) is 11.0 Å². The van der Waals surface area contributed by atoms with Gasteiger partial charge in [-0.3, -0.25) is 9.78 Å². The minimum atomic E-state index is -0.153. The van der Waals surface area contributed by atoms with Crippen molar-refractivity contribution < 1.29 is 9.53 Å². The zero-order valence-electron chi connectivity index (χ0n) is 8.41. The highest BCUT2D eigenvalue weighted by atomic mass is 16.5. The summed E-state index contributed by atoms with van der Waals surface area (Å²) in [5, 5.41) is 0. The molecule has 3 heteroatoms. The first-order valence-electron chi connectivity index (χ1n) is 4.80. The van der Waals surface area contributed by atoms with Gasteiger partial charge in [0.1, 0.15) is 6.61 Å². The molecule has 0 spiro atoms. The summed E-state index contributed by atoms with van der Waals surface area (Å²) in [6, 6.07) is 2.06. The van der Waals surface area contributed by atoms with E-state index in [4.69, 9.17) is 4.74 Å². The van der Waals surface area contributed by atoms with Gasteiger partial charge in [0.15, 0.2) is 0 Å². The molecule has 0 fully saturated rings. The lowest BCUT2D eigenvalue weighted by Gasteiger charge is -2.16. The van der Waals surface area contributed by atoms with Crippen LogP contribution in [0.15, 0.2) is 12.3 Å². The molecule has 74 valence electrons. The van der Waals surface area contributed by atoms with Gasteiger partial charge in [0.05, 0.1) is 12.1 Å². The monoisotopic (exact) mass is 191 g/mol. The van der Waals surface area contributed by atoms with Gasteiger partial charge in [-0.15, -0.1) is 0 Å². The lowest BCUT2D eigenvalue weighted by Crippen LogP contribution is -2.17. The average Bonchev–Trinajstić information content (AvgIpc) is 2.16. The van der Waals surface area contributed by atoms with Crippen LogP contribution < -0.4 is 0 Å². The lowest BCUT2D eigenvalue weighted by atomic mass is 10.00. The van der Waals surface area contributed by atoms with Crippen molar-refractivity contribution in [3.05, 3.63) is 29.1 Å². The first kappa shape index (κ1) is 9.19. The molecule has 2 rings (SSSR count).